The summed E-state index contributed by atoms with van der Waals surface area (Å²) in [4.78, 5) is 22.4. The minimum absolute atomic E-state index is 0.000751. The number of nitro benzene ring substituents is 1. The summed E-state index contributed by atoms with van der Waals surface area (Å²) < 4.78 is 40.0. The van der Waals surface area contributed by atoms with Gasteiger partial charge < -0.3 is 15.5 Å². The summed E-state index contributed by atoms with van der Waals surface area (Å²) >= 11 is 0. The molecular weight excluding hydrogens is 421 g/mol. The monoisotopic (exact) mass is 442 g/mol. The lowest BCUT2D eigenvalue weighted by molar-refractivity contribution is -0.384. The Morgan fingerprint density at radius 1 is 1.32 bits per heavy atom. The highest BCUT2D eigenvalue weighted by Gasteiger charge is 2.37. The highest BCUT2D eigenvalue weighted by molar-refractivity contribution is 5.76. The van der Waals surface area contributed by atoms with E-state index in [-0.39, 0.29) is 30.1 Å². The number of aryl methyl sites for hydroxylation is 1. The number of carbonyl (C=O) groups excluding carboxylic acids is 1. The summed E-state index contributed by atoms with van der Waals surface area (Å²) in [6.45, 7) is -0.698. The van der Waals surface area contributed by atoms with Crippen molar-refractivity contribution in [3.05, 3.63) is 57.4 Å². The van der Waals surface area contributed by atoms with E-state index in [0.29, 0.717) is 5.69 Å². The summed E-state index contributed by atoms with van der Waals surface area (Å²) in [5.41, 5.74) is -0.492. The average molecular weight is 442 g/mol. The zero-order chi connectivity index (χ0) is 22.8. The quantitative estimate of drug-likeness (QED) is 0.404. The van der Waals surface area contributed by atoms with Crippen molar-refractivity contribution in [1.82, 2.24) is 15.1 Å². The van der Waals surface area contributed by atoms with Crippen LogP contribution in [0.2, 0.25) is 0 Å². The lowest BCUT2D eigenvalue weighted by Gasteiger charge is -2.22. The maximum absolute atomic E-state index is 13.0. The first-order valence-electron chi connectivity index (χ1n) is 9.57. The van der Waals surface area contributed by atoms with E-state index in [1.807, 2.05) is 0 Å². The molecule has 0 bridgehead atoms. The Kier molecular flexibility index (Phi) is 6.60. The summed E-state index contributed by atoms with van der Waals surface area (Å²) in [7, 11) is 0. The van der Waals surface area contributed by atoms with Gasteiger partial charge in [0.2, 0.25) is 5.91 Å². The first kappa shape index (κ1) is 22.7. The van der Waals surface area contributed by atoms with Crippen LogP contribution in [-0.2, 0) is 17.5 Å². The molecule has 2 atom stereocenters. The smallest absolute Gasteiger partial charge is 0.394 e. The number of aliphatic hydroxyl groups excluding tert-OH is 2. The molecule has 2 unspecified atom stereocenters. The number of nitrogens with one attached hydrogen (secondary N) is 1. The summed E-state index contributed by atoms with van der Waals surface area (Å²) in [6.07, 6.45) is -4.58. The fourth-order valence-corrected chi connectivity index (χ4v) is 3.19. The van der Waals surface area contributed by atoms with Crippen LogP contribution in [0.15, 0.2) is 30.3 Å². The standard InChI is InChI=1S/C19H21F3N4O5/c20-19(21,22)16-9-15(11-1-2-11)25(24-16)8-7-17(28)23-14(10-27)18(29)12-3-5-13(6-4-12)26(30)31/h3-6,9,11,14,18,27,29H,1-2,7-8,10H2,(H,23,28). The number of rotatable bonds is 9. The lowest BCUT2D eigenvalue weighted by atomic mass is 10.0. The molecule has 2 aromatic rings. The number of halogens is 3. The molecular formula is C19H21F3N4O5. The van der Waals surface area contributed by atoms with E-state index in [1.165, 1.54) is 28.9 Å². The van der Waals surface area contributed by atoms with E-state index in [2.05, 4.69) is 10.4 Å². The van der Waals surface area contributed by atoms with Crippen LogP contribution in [-0.4, -0.2) is 43.5 Å². The number of nitro groups is 1. The molecule has 1 amide bonds. The first-order valence-corrected chi connectivity index (χ1v) is 9.57. The number of benzene rings is 1. The molecule has 1 aliphatic rings. The number of hydrogen-bond donors (Lipinski definition) is 3. The number of nitrogens with zero attached hydrogens (tertiary/aromatic N) is 3. The SMILES string of the molecule is O=C(CCn1nc(C(F)(F)F)cc1C1CC1)NC(CO)C(O)c1ccc([N+](=O)[O-])cc1. The molecule has 9 nitrogen and oxygen atoms in total. The number of amides is 1. The van der Waals surface area contributed by atoms with Crippen molar-refractivity contribution < 1.29 is 33.1 Å². The summed E-state index contributed by atoms with van der Waals surface area (Å²) in [5, 5.41) is 36.6. The third-order valence-electron chi connectivity index (χ3n) is 5.02. The van der Waals surface area contributed by atoms with E-state index in [1.54, 1.807) is 0 Å². The Balaban J connectivity index is 1.61. The van der Waals surface area contributed by atoms with Crippen LogP contribution < -0.4 is 5.32 Å². The molecule has 3 rings (SSSR count). The van der Waals surface area contributed by atoms with Gasteiger partial charge in [-0.25, -0.2) is 0 Å². The van der Waals surface area contributed by atoms with Gasteiger partial charge in [0.15, 0.2) is 5.69 Å². The maximum atomic E-state index is 13.0. The van der Waals surface area contributed by atoms with Gasteiger partial charge in [-0.05, 0) is 36.6 Å². The Morgan fingerprint density at radius 3 is 2.48 bits per heavy atom. The molecule has 0 radical (unpaired) electrons. The number of aromatic nitrogens is 2. The maximum Gasteiger partial charge on any atom is 0.435 e. The average Bonchev–Trinajstić information content (AvgIpc) is 3.47. The molecule has 1 aromatic heterocycles. The zero-order valence-corrected chi connectivity index (χ0v) is 16.2. The second-order valence-corrected chi connectivity index (χ2v) is 7.35. The van der Waals surface area contributed by atoms with Gasteiger partial charge in [0.1, 0.15) is 6.10 Å². The normalized spacial score (nSPS) is 16.0. The van der Waals surface area contributed by atoms with Gasteiger partial charge in [-0.3, -0.25) is 19.6 Å². The predicted octanol–water partition coefficient (Wildman–Crippen LogP) is 2.29. The van der Waals surface area contributed by atoms with Crippen molar-refractivity contribution in [2.75, 3.05) is 6.61 Å². The van der Waals surface area contributed by atoms with Crippen LogP contribution in [0.25, 0.3) is 0 Å². The van der Waals surface area contributed by atoms with Crippen LogP contribution in [0.3, 0.4) is 0 Å². The number of carbonyl (C=O) groups is 1. The third kappa shape index (κ3) is 5.58. The van der Waals surface area contributed by atoms with Crippen molar-refractivity contribution >= 4 is 11.6 Å². The Labute approximate surface area is 174 Å². The molecule has 1 heterocycles. The molecule has 1 aromatic carbocycles. The van der Waals surface area contributed by atoms with Crippen LogP contribution in [0, 0.1) is 10.1 Å². The zero-order valence-electron chi connectivity index (χ0n) is 16.2. The number of aliphatic hydroxyl groups is 2. The van der Waals surface area contributed by atoms with E-state index in [0.717, 1.165) is 18.9 Å². The largest absolute Gasteiger partial charge is 0.435 e. The molecule has 3 N–H and O–H groups in total. The Hall–Kier alpha value is -2.99. The fourth-order valence-electron chi connectivity index (χ4n) is 3.19. The third-order valence-corrected chi connectivity index (χ3v) is 5.02. The van der Waals surface area contributed by atoms with E-state index < -0.39 is 41.5 Å². The molecule has 168 valence electrons. The van der Waals surface area contributed by atoms with E-state index in [9.17, 15) is 38.3 Å². The van der Waals surface area contributed by atoms with Gasteiger partial charge in [-0.15, -0.1) is 0 Å². The number of non-ortho nitro benzene ring substituents is 1. The van der Waals surface area contributed by atoms with Crippen molar-refractivity contribution in [2.24, 2.45) is 0 Å². The minimum atomic E-state index is -4.58. The van der Waals surface area contributed by atoms with Gasteiger partial charge in [0, 0.05) is 36.7 Å². The molecule has 0 saturated heterocycles. The molecule has 0 spiro atoms. The molecule has 1 fully saturated rings. The van der Waals surface area contributed by atoms with Gasteiger partial charge in [-0.1, -0.05) is 0 Å². The predicted molar refractivity (Wildman–Crippen MR) is 101 cm³/mol. The van der Waals surface area contributed by atoms with Crippen molar-refractivity contribution in [3.63, 3.8) is 0 Å². The van der Waals surface area contributed by atoms with Crippen LogP contribution in [0.4, 0.5) is 18.9 Å². The van der Waals surface area contributed by atoms with Crippen molar-refractivity contribution in [1.29, 1.82) is 0 Å². The molecule has 1 saturated carbocycles. The second kappa shape index (κ2) is 9.02. The minimum Gasteiger partial charge on any atom is -0.394 e. The lowest BCUT2D eigenvalue weighted by Crippen LogP contribution is -2.42. The summed E-state index contributed by atoms with van der Waals surface area (Å²) in [5.74, 6) is -0.591. The Bertz CT molecular complexity index is 941. The highest BCUT2D eigenvalue weighted by Crippen LogP contribution is 2.42. The highest BCUT2D eigenvalue weighted by atomic mass is 19.4. The molecule has 31 heavy (non-hydrogen) atoms. The topological polar surface area (TPSA) is 131 Å². The van der Waals surface area contributed by atoms with E-state index >= 15 is 0 Å². The number of alkyl halides is 3. The van der Waals surface area contributed by atoms with Crippen LogP contribution >= 0.6 is 0 Å². The van der Waals surface area contributed by atoms with Gasteiger partial charge >= 0.3 is 6.18 Å². The first-order chi connectivity index (χ1) is 14.6. The Morgan fingerprint density at radius 2 is 1.97 bits per heavy atom. The van der Waals surface area contributed by atoms with Crippen LogP contribution in [0.5, 0.6) is 0 Å². The molecule has 12 heteroatoms. The van der Waals surface area contributed by atoms with Crippen LogP contribution in [0.1, 0.15) is 48.2 Å². The van der Waals surface area contributed by atoms with Gasteiger partial charge in [-0.2, -0.15) is 18.3 Å². The van der Waals surface area contributed by atoms with Crippen molar-refractivity contribution in [3.8, 4) is 0 Å². The molecule has 0 aliphatic heterocycles. The van der Waals surface area contributed by atoms with E-state index in [4.69, 9.17) is 0 Å². The van der Waals surface area contributed by atoms with Gasteiger partial charge in [0.05, 0.1) is 17.6 Å². The molecule has 1 aliphatic carbocycles. The fraction of sp³-hybridized carbons (Fsp3) is 0.474. The second-order valence-electron chi connectivity index (χ2n) is 7.35. The summed E-state index contributed by atoms with van der Waals surface area (Å²) in [6, 6.07) is 4.89. The number of hydrogen-bond acceptors (Lipinski definition) is 6. The van der Waals surface area contributed by atoms with Gasteiger partial charge in [0.25, 0.3) is 5.69 Å². The van der Waals surface area contributed by atoms with Crippen molar-refractivity contribution in [2.45, 2.75) is 50.0 Å².